The van der Waals surface area contributed by atoms with Gasteiger partial charge in [0.1, 0.15) is 11.2 Å². The van der Waals surface area contributed by atoms with E-state index in [-0.39, 0.29) is 6.71 Å². The Labute approximate surface area is 559 Å². The molecule has 2 aliphatic heterocycles. The first kappa shape index (κ1) is 54.5. The zero-order valence-electron chi connectivity index (χ0n) is 52.1. The van der Waals surface area contributed by atoms with Gasteiger partial charge in [0, 0.05) is 76.0 Å². The predicted octanol–water partition coefficient (Wildman–Crippen LogP) is 22.5. The normalized spacial score (nSPS) is 12.5. The number of rotatable bonds is 9. The van der Waals surface area contributed by atoms with Crippen molar-refractivity contribution >= 4 is 117 Å². The average molecular weight is 1240 g/mol. The van der Waals surface area contributed by atoms with Gasteiger partial charge in [0.25, 0.3) is 0 Å². The highest BCUT2D eigenvalue weighted by Gasteiger charge is 2.44. The van der Waals surface area contributed by atoms with E-state index >= 15 is 0 Å². The maximum absolute atomic E-state index is 6.79. The standard InChI is InChI=1S/C90H56BN3OS/c1-5-22-57(23-6-1)61-30-19-32-65(50-61)69-37-21-38-70(66-33-20-31-62(51-66)58-24-7-2-8-25-58)89(69)94-82-54-67(92-78-39-16-13-34-71(78)74-52-63(42-47-80(74)92)59-26-9-3-10-27-59)44-45-76(82)91-77-46-49-85-87(73-36-15-18-41-84(73)95-85)90(77)96-86-56-68(55-83(94)88(86)91)93-79-40-17-14-35-72(79)75-53-64(43-48-81(75)93)60-28-11-4-12-29-60/h1-56H. The van der Waals surface area contributed by atoms with Crippen molar-refractivity contribution in [3.63, 3.8) is 0 Å². The van der Waals surface area contributed by atoms with Crippen LogP contribution >= 0.6 is 11.8 Å². The molecule has 0 atom stereocenters. The van der Waals surface area contributed by atoms with E-state index in [4.69, 9.17) is 4.42 Å². The van der Waals surface area contributed by atoms with E-state index in [1.807, 2.05) is 11.8 Å². The molecular weight excluding hydrogens is 1180 g/mol. The Kier molecular flexibility index (Phi) is 12.3. The number of nitrogens with zero attached hydrogens (tertiary/aromatic N) is 3. The summed E-state index contributed by atoms with van der Waals surface area (Å²) in [6, 6.07) is 126. The van der Waals surface area contributed by atoms with Crippen LogP contribution in [0.4, 0.5) is 17.1 Å². The summed E-state index contributed by atoms with van der Waals surface area (Å²) in [7, 11) is 0. The summed E-state index contributed by atoms with van der Waals surface area (Å²) in [6.07, 6.45) is 0. The zero-order valence-corrected chi connectivity index (χ0v) is 52.9. The molecule has 2 aliphatic rings. The van der Waals surface area contributed by atoms with Crippen molar-refractivity contribution in [2.24, 2.45) is 0 Å². The highest BCUT2D eigenvalue weighted by atomic mass is 32.2. The molecule has 15 aromatic carbocycles. The largest absolute Gasteiger partial charge is 0.456 e. The fraction of sp³-hybridized carbons (Fsp3) is 0. The molecule has 5 heterocycles. The summed E-state index contributed by atoms with van der Waals surface area (Å²) in [5, 5.41) is 7.11. The van der Waals surface area contributed by atoms with Crippen LogP contribution in [0, 0.1) is 0 Å². The summed E-state index contributed by atoms with van der Waals surface area (Å²) in [6.45, 7) is -0.171. The molecule has 0 unspecified atom stereocenters. The molecule has 18 aromatic rings. The first-order chi connectivity index (χ1) is 47.6. The van der Waals surface area contributed by atoms with E-state index in [0.717, 1.165) is 106 Å². The third-order valence-electron chi connectivity index (χ3n) is 20.1. The van der Waals surface area contributed by atoms with E-state index in [1.165, 1.54) is 81.1 Å². The number of hydrogen-bond donors (Lipinski definition) is 0. The molecule has 446 valence electrons. The SMILES string of the molecule is c1ccc(-c2cccc(-c3cccc(-c4cccc(-c5ccccc5)c4)c3N3c4cc(-n5c6ccccc6c6cc(-c7ccccc7)ccc65)ccc4B4c5ccc6oc7ccccc7c6c5Sc5cc(-n6c7ccccc7c7cc(-c8ccccc8)ccc76)cc3c54)c2)cc1. The Morgan fingerprint density at radius 2 is 0.729 bits per heavy atom. The summed E-state index contributed by atoms with van der Waals surface area (Å²) in [4.78, 5) is 5.12. The fourth-order valence-electron chi connectivity index (χ4n) is 15.9. The number of benzene rings is 15. The van der Waals surface area contributed by atoms with Crippen LogP contribution in [-0.2, 0) is 0 Å². The van der Waals surface area contributed by atoms with Crippen molar-refractivity contribution in [2.45, 2.75) is 9.79 Å². The lowest BCUT2D eigenvalue weighted by molar-refractivity contribution is 0.668. The molecule has 0 N–H and O–H groups in total. The van der Waals surface area contributed by atoms with Gasteiger partial charge in [0.15, 0.2) is 0 Å². The lowest BCUT2D eigenvalue weighted by atomic mass is 9.34. The molecule has 0 radical (unpaired) electrons. The minimum Gasteiger partial charge on any atom is -0.456 e. The van der Waals surface area contributed by atoms with E-state index in [1.54, 1.807) is 0 Å². The minimum absolute atomic E-state index is 0.171. The average Bonchev–Trinajstić information content (AvgIpc) is 1.33. The molecule has 0 spiro atoms. The van der Waals surface area contributed by atoms with Gasteiger partial charge in [-0.05, 0) is 151 Å². The molecule has 96 heavy (non-hydrogen) atoms. The van der Waals surface area contributed by atoms with Gasteiger partial charge in [0.05, 0.1) is 27.8 Å². The van der Waals surface area contributed by atoms with Crippen molar-refractivity contribution in [3.05, 3.63) is 340 Å². The topological polar surface area (TPSA) is 26.2 Å². The lowest BCUT2D eigenvalue weighted by Gasteiger charge is -2.42. The van der Waals surface area contributed by atoms with Gasteiger partial charge in [-0.1, -0.05) is 272 Å². The van der Waals surface area contributed by atoms with Gasteiger partial charge in [-0.25, -0.2) is 0 Å². The predicted molar refractivity (Wildman–Crippen MR) is 405 cm³/mol. The Morgan fingerprint density at radius 3 is 1.30 bits per heavy atom. The van der Waals surface area contributed by atoms with Gasteiger partial charge < -0.3 is 18.5 Å². The summed E-state index contributed by atoms with van der Waals surface area (Å²) < 4.78 is 11.8. The van der Waals surface area contributed by atoms with Crippen LogP contribution in [0.25, 0.3) is 144 Å². The molecule has 0 saturated carbocycles. The molecule has 3 aromatic heterocycles. The number of hydrogen-bond acceptors (Lipinski definition) is 3. The summed E-state index contributed by atoms with van der Waals surface area (Å²) in [5.74, 6) is 0. The number of fused-ring (bicyclic) bond motifs is 14. The van der Waals surface area contributed by atoms with Crippen LogP contribution < -0.4 is 21.3 Å². The third kappa shape index (κ3) is 8.52. The van der Waals surface area contributed by atoms with E-state index < -0.39 is 0 Å². The van der Waals surface area contributed by atoms with Crippen molar-refractivity contribution in [1.82, 2.24) is 9.13 Å². The smallest absolute Gasteiger partial charge is 0.249 e. The van der Waals surface area contributed by atoms with Crippen molar-refractivity contribution in [3.8, 4) is 78.1 Å². The van der Waals surface area contributed by atoms with Crippen molar-refractivity contribution in [2.75, 3.05) is 4.90 Å². The second-order valence-electron chi connectivity index (χ2n) is 25.4. The monoisotopic (exact) mass is 1240 g/mol. The Bertz CT molecular complexity index is 6090. The number of para-hydroxylation sites is 4. The quantitative estimate of drug-likeness (QED) is 0.135. The second kappa shape index (κ2) is 21.8. The number of anilines is 3. The van der Waals surface area contributed by atoms with Crippen LogP contribution in [0.2, 0.25) is 0 Å². The third-order valence-corrected chi connectivity index (χ3v) is 21.3. The van der Waals surface area contributed by atoms with E-state index in [2.05, 4.69) is 354 Å². The molecule has 0 aliphatic carbocycles. The lowest BCUT2D eigenvalue weighted by Crippen LogP contribution is -2.60. The Balaban J connectivity index is 0.924. The van der Waals surface area contributed by atoms with Crippen molar-refractivity contribution < 1.29 is 4.42 Å². The minimum atomic E-state index is -0.171. The van der Waals surface area contributed by atoms with Crippen LogP contribution in [0.15, 0.2) is 354 Å². The molecule has 4 nitrogen and oxygen atoms in total. The first-order valence-corrected chi connectivity index (χ1v) is 33.8. The van der Waals surface area contributed by atoms with Crippen LogP contribution in [0.1, 0.15) is 0 Å². The van der Waals surface area contributed by atoms with Gasteiger partial charge in [-0.15, -0.1) is 0 Å². The first-order valence-electron chi connectivity index (χ1n) is 33.0. The zero-order chi connectivity index (χ0) is 63.0. The van der Waals surface area contributed by atoms with Crippen LogP contribution in [0.5, 0.6) is 0 Å². The summed E-state index contributed by atoms with van der Waals surface area (Å²) in [5.41, 5.74) is 29.5. The Hall–Kier alpha value is -12.1. The van der Waals surface area contributed by atoms with Crippen LogP contribution in [-0.4, -0.2) is 15.8 Å². The molecule has 20 rings (SSSR count). The second-order valence-corrected chi connectivity index (χ2v) is 26.5. The summed E-state index contributed by atoms with van der Waals surface area (Å²) >= 11 is 1.89. The van der Waals surface area contributed by atoms with Crippen molar-refractivity contribution in [1.29, 1.82) is 0 Å². The molecular formula is C90H56BN3OS. The number of aromatic nitrogens is 2. The molecule has 0 fully saturated rings. The molecule has 0 bridgehead atoms. The fourth-order valence-corrected chi connectivity index (χ4v) is 17.2. The van der Waals surface area contributed by atoms with E-state index in [0.29, 0.717) is 0 Å². The van der Waals surface area contributed by atoms with Gasteiger partial charge >= 0.3 is 0 Å². The maximum atomic E-state index is 6.79. The maximum Gasteiger partial charge on any atom is 0.249 e. The van der Waals surface area contributed by atoms with Gasteiger partial charge in [-0.3, -0.25) is 0 Å². The highest BCUT2D eigenvalue weighted by molar-refractivity contribution is 8.00. The van der Waals surface area contributed by atoms with Gasteiger partial charge in [-0.2, -0.15) is 0 Å². The molecule has 6 heteroatoms. The number of furan rings is 1. The van der Waals surface area contributed by atoms with Crippen LogP contribution in [0.3, 0.4) is 0 Å². The van der Waals surface area contributed by atoms with E-state index in [9.17, 15) is 0 Å². The van der Waals surface area contributed by atoms with Gasteiger partial charge in [0.2, 0.25) is 6.71 Å². The highest BCUT2D eigenvalue weighted by Crippen LogP contribution is 2.53. The Morgan fingerprint density at radius 1 is 0.281 bits per heavy atom. The molecule has 0 saturated heterocycles. The molecule has 0 amide bonds.